The minimum atomic E-state index is -4.17. The third-order valence-corrected chi connectivity index (χ3v) is 10.9. The summed E-state index contributed by atoms with van der Waals surface area (Å²) in [5, 5.41) is 1.91. The number of carbonyl (C=O) groups excluding carboxylic acids is 1. The van der Waals surface area contributed by atoms with Gasteiger partial charge in [0, 0.05) is 11.4 Å². The maximum Gasteiger partial charge on any atom is 0.336 e. The van der Waals surface area contributed by atoms with Crippen molar-refractivity contribution in [3.8, 4) is 0 Å². The first-order valence-corrected chi connectivity index (χ1v) is 13.0. The van der Waals surface area contributed by atoms with E-state index in [0.717, 1.165) is 27.8 Å². The summed E-state index contributed by atoms with van der Waals surface area (Å²) in [6.07, 6.45) is 0. The standard InChI is InChI=1S/C21H27NO6S2/c1-10-11(2)13(4)17(14(5)12(10)3)19-18(21(23)28-7)15(6)22-16-8-29(24,25)9-30(26,27)20(16)19/h19,22H,8-9H2,1-7H3. The summed E-state index contributed by atoms with van der Waals surface area (Å²) >= 11 is 0. The zero-order valence-electron chi connectivity index (χ0n) is 18.3. The van der Waals surface area contributed by atoms with Crippen LogP contribution in [0.3, 0.4) is 0 Å². The zero-order valence-corrected chi connectivity index (χ0v) is 19.9. The fourth-order valence-corrected chi connectivity index (χ4v) is 9.12. The van der Waals surface area contributed by atoms with Gasteiger partial charge in [-0.05, 0) is 74.9 Å². The van der Waals surface area contributed by atoms with Crippen molar-refractivity contribution in [1.82, 2.24) is 5.32 Å². The Kier molecular flexibility index (Phi) is 5.44. The molecule has 2 aliphatic heterocycles. The maximum absolute atomic E-state index is 13.2. The monoisotopic (exact) mass is 453 g/mol. The molecule has 30 heavy (non-hydrogen) atoms. The Labute approximate surface area is 178 Å². The number of nitrogens with one attached hydrogen (secondary N) is 1. The number of dihydropyridines is 1. The van der Waals surface area contributed by atoms with Crippen LogP contribution in [0.5, 0.6) is 0 Å². The molecule has 0 saturated carbocycles. The van der Waals surface area contributed by atoms with Gasteiger partial charge in [0.25, 0.3) is 0 Å². The van der Waals surface area contributed by atoms with Crippen LogP contribution in [-0.4, -0.2) is 40.8 Å². The van der Waals surface area contributed by atoms with Gasteiger partial charge in [0.2, 0.25) is 0 Å². The summed E-state index contributed by atoms with van der Waals surface area (Å²) in [5.41, 5.74) is 6.30. The molecule has 1 unspecified atom stereocenters. The van der Waals surface area contributed by atoms with Crippen molar-refractivity contribution in [1.29, 1.82) is 0 Å². The van der Waals surface area contributed by atoms with Gasteiger partial charge in [-0.3, -0.25) is 0 Å². The highest BCUT2D eigenvalue weighted by Gasteiger charge is 2.47. The van der Waals surface area contributed by atoms with Gasteiger partial charge in [-0.25, -0.2) is 21.6 Å². The number of allylic oxidation sites excluding steroid dienone is 2. The summed E-state index contributed by atoms with van der Waals surface area (Å²) in [4.78, 5) is 12.7. The topological polar surface area (TPSA) is 107 Å². The summed E-state index contributed by atoms with van der Waals surface area (Å²) in [7, 11) is -6.75. The molecule has 9 heteroatoms. The van der Waals surface area contributed by atoms with Crippen molar-refractivity contribution in [2.45, 2.75) is 47.5 Å². The minimum Gasteiger partial charge on any atom is -0.466 e. The van der Waals surface area contributed by atoms with E-state index in [1.165, 1.54) is 7.11 Å². The van der Waals surface area contributed by atoms with Gasteiger partial charge in [-0.2, -0.15) is 0 Å². The Bertz CT molecular complexity index is 1220. The molecule has 0 saturated heterocycles. The molecule has 0 bridgehead atoms. The van der Waals surface area contributed by atoms with Crippen LogP contribution in [0.1, 0.15) is 46.2 Å². The molecule has 0 spiro atoms. The summed E-state index contributed by atoms with van der Waals surface area (Å²) in [6.45, 7) is 11.4. The Balaban J connectivity index is 2.48. The largest absolute Gasteiger partial charge is 0.466 e. The molecule has 164 valence electrons. The molecular formula is C21H27NO6S2. The van der Waals surface area contributed by atoms with E-state index >= 15 is 0 Å². The fraction of sp³-hybridized carbons (Fsp3) is 0.476. The third kappa shape index (κ3) is 3.37. The van der Waals surface area contributed by atoms with Crippen molar-refractivity contribution in [2.75, 3.05) is 17.9 Å². The number of hydrogen-bond donors (Lipinski definition) is 1. The van der Waals surface area contributed by atoms with Crippen LogP contribution in [-0.2, 0) is 29.2 Å². The van der Waals surface area contributed by atoms with Gasteiger partial charge in [-0.15, -0.1) is 0 Å². The molecule has 0 aromatic heterocycles. The lowest BCUT2D eigenvalue weighted by Gasteiger charge is -2.36. The average molecular weight is 454 g/mol. The highest BCUT2D eigenvalue weighted by Crippen LogP contribution is 2.47. The van der Waals surface area contributed by atoms with Gasteiger partial charge >= 0.3 is 5.97 Å². The first-order chi connectivity index (χ1) is 13.7. The summed E-state index contributed by atoms with van der Waals surface area (Å²) in [6, 6.07) is 0. The van der Waals surface area contributed by atoms with Gasteiger partial charge in [0.15, 0.2) is 24.8 Å². The van der Waals surface area contributed by atoms with Crippen LogP contribution < -0.4 is 5.32 Å². The molecule has 0 amide bonds. The summed E-state index contributed by atoms with van der Waals surface area (Å²) < 4.78 is 55.9. The van der Waals surface area contributed by atoms with E-state index in [0.29, 0.717) is 11.3 Å². The predicted molar refractivity (Wildman–Crippen MR) is 115 cm³/mol. The molecule has 1 N–H and O–H groups in total. The van der Waals surface area contributed by atoms with E-state index in [1.807, 2.05) is 34.6 Å². The van der Waals surface area contributed by atoms with E-state index in [2.05, 4.69) is 5.32 Å². The van der Waals surface area contributed by atoms with Crippen molar-refractivity contribution >= 4 is 25.6 Å². The van der Waals surface area contributed by atoms with Crippen LogP contribution in [0.2, 0.25) is 0 Å². The lowest BCUT2D eigenvalue weighted by molar-refractivity contribution is -0.136. The van der Waals surface area contributed by atoms with Gasteiger partial charge in [0.05, 0.1) is 29.3 Å². The second-order valence-corrected chi connectivity index (χ2v) is 12.5. The van der Waals surface area contributed by atoms with Crippen molar-refractivity contribution < 1.29 is 26.4 Å². The number of hydrogen-bond acceptors (Lipinski definition) is 7. The second-order valence-electron chi connectivity index (χ2n) is 8.09. The molecule has 0 fully saturated rings. The van der Waals surface area contributed by atoms with Crippen LogP contribution in [0, 0.1) is 34.6 Å². The molecular weight excluding hydrogens is 426 g/mol. The maximum atomic E-state index is 13.2. The van der Waals surface area contributed by atoms with Gasteiger partial charge < -0.3 is 10.1 Å². The average Bonchev–Trinajstić information content (AvgIpc) is 2.62. The number of rotatable bonds is 2. The highest BCUT2D eigenvalue weighted by molar-refractivity contribution is 8.10. The molecule has 1 atom stereocenters. The van der Waals surface area contributed by atoms with Crippen molar-refractivity contribution in [3.05, 3.63) is 55.3 Å². The first kappa shape index (κ1) is 22.6. The highest BCUT2D eigenvalue weighted by atomic mass is 32.3. The van der Waals surface area contributed by atoms with Gasteiger partial charge in [0.1, 0.15) is 0 Å². The Morgan fingerprint density at radius 3 is 1.90 bits per heavy atom. The van der Waals surface area contributed by atoms with Crippen molar-refractivity contribution in [3.63, 3.8) is 0 Å². The minimum absolute atomic E-state index is 0.0443. The van der Waals surface area contributed by atoms with Crippen LogP contribution in [0.4, 0.5) is 0 Å². The van der Waals surface area contributed by atoms with E-state index < -0.39 is 42.4 Å². The van der Waals surface area contributed by atoms with Gasteiger partial charge in [-0.1, -0.05) is 0 Å². The molecule has 1 aromatic rings. The second kappa shape index (κ2) is 7.23. The van der Waals surface area contributed by atoms with E-state index in [1.54, 1.807) is 6.92 Å². The van der Waals surface area contributed by atoms with Crippen LogP contribution in [0.25, 0.3) is 0 Å². The number of ether oxygens (including phenoxy) is 1. The quantitative estimate of drug-likeness (QED) is 0.685. The lowest BCUT2D eigenvalue weighted by Crippen LogP contribution is -2.41. The van der Waals surface area contributed by atoms with E-state index in [9.17, 15) is 21.6 Å². The Hall–Kier alpha value is -2.13. The molecule has 2 aliphatic rings. The third-order valence-electron chi connectivity index (χ3n) is 6.38. The molecule has 7 nitrogen and oxygen atoms in total. The predicted octanol–water partition coefficient (Wildman–Crippen LogP) is 2.37. The number of benzene rings is 1. The van der Waals surface area contributed by atoms with Crippen LogP contribution >= 0.6 is 0 Å². The zero-order chi connectivity index (χ0) is 22.8. The smallest absolute Gasteiger partial charge is 0.336 e. The summed E-state index contributed by atoms with van der Waals surface area (Å²) in [5.74, 6) is -1.98. The van der Waals surface area contributed by atoms with Crippen molar-refractivity contribution in [2.24, 2.45) is 0 Å². The number of carbonyl (C=O) groups is 1. The Morgan fingerprint density at radius 2 is 1.40 bits per heavy atom. The molecule has 0 radical (unpaired) electrons. The molecule has 1 aromatic carbocycles. The lowest BCUT2D eigenvalue weighted by atomic mass is 9.78. The first-order valence-electron chi connectivity index (χ1n) is 9.52. The molecule has 2 heterocycles. The normalized spacial score (nSPS) is 22.4. The number of sulfone groups is 2. The number of methoxy groups -OCH3 is 1. The number of esters is 1. The Morgan fingerprint density at radius 1 is 0.900 bits per heavy atom. The molecule has 0 aliphatic carbocycles. The SMILES string of the molecule is COC(=O)C1=C(C)NC2=C(C1c1c(C)c(C)c(C)c(C)c1C)S(=O)(=O)CS(=O)(=O)C2. The van der Waals surface area contributed by atoms with Crippen LogP contribution in [0.15, 0.2) is 21.9 Å². The van der Waals surface area contributed by atoms with E-state index in [-0.39, 0.29) is 16.2 Å². The molecule has 3 rings (SSSR count). The van der Waals surface area contributed by atoms with E-state index in [4.69, 9.17) is 4.74 Å². The fourth-order valence-electron chi connectivity index (χ4n) is 4.53.